The number of aryl methyl sites for hydroxylation is 2. The minimum Gasteiger partial charge on any atom is -0.461 e. The Bertz CT molecular complexity index is 1410. The van der Waals surface area contributed by atoms with Gasteiger partial charge in [0, 0.05) is 29.6 Å². The highest BCUT2D eigenvalue weighted by molar-refractivity contribution is 6.23. The van der Waals surface area contributed by atoms with Crippen molar-refractivity contribution >= 4 is 34.4 Å². The van der Waals surface area contributed by atoms with Crippen LogP contribution in [-0.4, -0.2) is 34.2 Å². The van der Waals surface area contributed by atoms with Gasteiger partial charge in [0.1, 0.15) is 17.8 Å². The molecule has 10 heteroatoms. The summed E-state index contributed by atoms with van der Waals surface area (Å²) in [6.45, 7) is 3.22. The van der Waals surface area contributed by atoms with Crippen LogP contribution in [0.5, 0.6) is 0 Å². The van der Waals surface area contributed by atoms with Crippen LogP contribution >= 0.6 is 0 Å². The van der Waals surface area contributed by atoms with Crippen LogP contribution in [0, 0.1) is 24.0 Å². The van der Waals surface area contributed by atoms with Crippen LogP contribution in [0.4, 0.5) is 5.69 Å². The van der Waals surface area contributed by atoms with Crippen molar-refractivity contribution in [3.8, 4) is 0 Å². The van der Waals surface area contributed by atoms with Gasteiger partial charge in [0.05, 0.1) is 16.9 Å². The zero-order valence-electron chi connectivity index (χ0n) is 17.7. The van der Waals surface area contributed by atoms with Crippen LogP contribution in [0.2, 0.25) is 0 Å². The summed E-state index contributed by atoms with van der Waals surface area (Å²) in [6, 6.07) is 8.68. The SMILES string of the molecule is Cc1ccc2c(COC(=O)CCN3C(=O)c4cccc([N+](=O)[O-])c4C3=O)cc(=O)oc2c1C. The maximum Gasteiger partial charge on any atom is 0.336 e. The molecule has 2 heterocycles. The van der Waals surface area contributed by atoms with Gasteiger partial charge in [0.15, 0.2) is 0 Å². The summed E-state index contributed by atoms with van der Waals surface area (Å²) in [6.07, 6.45) is -0.309. The molecule has 0 saturated heterocycles. The van der Waals surface area contributed by atoms with Gasteiger partial charge in [-0.2, -0.15) is 0 Å². The van der Waals surface area contributed by atoms with Gasteiger partial charge in [-0.25, -0.2) is 4.79 Å². The Hall–Kier alpha value is -4.34. The number of hydrogen-bond acceptors (Lipinski definition) is 8. The van der Waals surface area contributed by atoms with Crippen molar-refractivity contribution in [1.29, 1.82) is 0 Å². The zero-order chi connectivity index (χ0) is 23.9. The van der Waals surface area contributed by atoms with Crippen LogP contribution in [0.15, 0.2) is 45.6 Å². The van der Waals surface area contributed by atoms with Crippen molar-refractivity contribution < 1.29 is 28.5 Å². The molecule has 0 bridgehead atoms. The maximum absolute atomic E-state index is 12.6. The number of rotatable bonds is 6. The number of nitro benzene ring substituents is 1. The first-order valence-corrected chi connectivity index (χ1v) is 10.0. The molecular formula is C23H18N2O8. The second-order valence-corrected chi connectivity index (χ2v) is 7.60. The van der Waals surface area contributed by atoms with Crippen LogP contribution in [0.3, 0.4) is 0 Å². The Morgan fingerprint density at radius 1 is 1.12 bits per heavy atom. The molecule has 1 aliphatic rings. The van der Waals surface area contributed by atoms with Crippen LogP contribution < -0.4 is 5.63 Å². The summed E-state index contributed by atoms with van der Waals surface area (Å²) < 4.78 is 10.5. The third-order valence-electron chi connectivity index (χ3n) is 5.62. The molecule has 0 aliphatic carbocycles. The van der Waals surface area contributed by atoms with Crippen molar-refractivity contribution in [1.82, 2.24) is 4.90 Å². The molecule has 2 amide bonds. The van der Waals surface area contributed by atoms with E-state index in [0.717, 1.165) is 22.1 Å². The number of nitrogens with zero attached hydrogens (tertiary/aromatic N) is 2. The number of imide groups is 1. The number of fused-ring (bicyclic) bond motifs is 2. The number of nitro groups is 1. The lowest BCUT2D eigenvalue weighted by molar-refractivity contribution is -0.385. The molecule has 168 valence electrons. The first-order valence-electron chi connectivity index (χ1n) is 10.0. The fourth-order valence-corrected chi connectivity index (χ4v) is 3.75. The molecule has 0 N–H and O–H groups in total. The molecule has 0 unspecified atom stereocenters. The summed E-state index contributed by atoms with van der Waals surface area (Å²) in [5.41, 5.74) is 1.24. The number of esters is 1. The topological polar surface area (TPSA) is 137 Å². The van der Waals surface area contributed by atoms with Crippen LogP contribution in [0.25, 0.3) is 11.0 Å². The molecule has 1 aliphatic heterocycles. The highest BCUT2D eigenvalue weighted by Gasteiger charge is 2.40. The van der Waals surface area contributed by atoms with Crippen molar-refractivity contribution in [3.63, 3.8) is 0 Å². The summed E-state index contributed by atoms with van der Waals surface area (Å²) >= 11 is 0. The molecule has 2 aromatic carbocycles. The van der Waals surface area contributed by atoms with Crippen molar-refractivity contribution in [2.45, 2.75) is 26.9 Å². The molecule has 0 radical (unpaired) electrons. The Kier molecular flexibility index (Phi) is 5.50. The minimum absolute atomic E-state index is 0.0734. The largest absolute Gasteiger partial charge is 0.461 e. The fraction of sp³-hybridized carbons (Fsp3) is 0.217. The van der Waals surface area contributed by atoms with Gasteiger partial charge in [0.25, 0.3) is 17.5 Å². The van der Waals surface area contributed by atoms with E-state index in [2.05, 4.69) is 0 Å². The number of carbonyl (C=O) groups is 3. The summed E-state index contributed by atoms with van der Waals surface area (Å²) in [7, 11) is 0. The normalized spacial score (nSPS) is 12.8. The number of ether oxygens (including phenoxy) is 1. The molecule has 0 saturated carbocycles. The molecule has 3 aromatic rings. The first kappa shape index (κ1) is 21.9. The van der Waals surface area contributed by atoms with Gasteiger partial charge in [-0.15, -0.1) is 0 Å². The second kappa shape index (κ2) is 8.30. The third-order valence-corrected chi connectivity index (χ3v) is 5.62. The minimum atomic E-state index is -0.826. The molecule has 0 spiro atoms. The molecular weight excluding hydrogens is 432 g/mol. The predicted octanol–water partition coefficient (Wildman–Crippen LogP) is 3.05. The van der Waals surface area contributed by atoms with Gasteiger partial charge in [-0.3, -0.25) is 29.4 Å². The van der Waals surface area contributed by atoms with Gasteiger partial charge in [-0.1, -0.05) is 18.2 Å². The summed E-state index contributed by atoms with van der Waals surface area (Å²) in [4.78, 5) is 60.5. The van der Waals surface area contributed by atoms with E-state index in [0.29, 0.717) is 16.5 Å². The van der Waals surface area contributed by atoms with Gasteiger partial charge >= 0.3 is 11.6 Å². The highest BCUT2D eigenvalue weighted by atomic mass is 16.6. The number of amides is 2. The molecule has 0 fully saturated rings. The van der Waals surface area contributed by atoms with E-state index in [-0.39, 0.29) is 30.7 Å². The standard InChI is InChI=1S/C23H18N2O8/c1-12-6-7-15-14(10-19(27)33-21(15)13(12)2)11-32-18(26)8-9-24-22(28)16-4-3-5-17(25(30)31)20(16)23(24)29/h3-7,10H,8-9,11H2,1-2H3. The number of benzene rings is 2. The molecule has 0 atom stereocenters. The van der Waals surface area contributed by atoms with E-state index in [1.807, 2.05) is 19.9 Å². The average Bonchev–Trinajstić information content (AvgIpc) is 3.03. The lowest BCUT2D eigenvalue weighted by Crippen LogP contribution is -2.32. The Morgan fingerprint density at radius 3 is 2.61 bits per heavy atom. The molecule has 33 heavy (non-hydrogen) atoms. The van der Waals surface area contributed by atoms with Gasteiger partial charge < -0.3 is 9.15 Å². The second-order valence-electron chi connectivity index (χ2n) is 7.60. The summed E-state index contributed by atoms with van der Waals surface area (Å²) in [5, 5.41) is 11.8. The Labute approximate surface area is 186 Å². The molecule has 4 rings (SSSR count). The molecule has 10 nitrogen and oxygen atoms in total. The fourth-order valence-electron chi connectivity index (χ4n) is 3.75. The van der Waals surface area contributed by atoms with E-state index in [9.17, 15) is 29.3 Å². The van der Waals surface area contributed by atoms with E-state index in [1.165, 1.54) is 18.2 Å². The van der Waals surface area contributed by atoms with E-state index in [1.54, 1.807) is 6.07 Å². The van der Waals surface area contributed by atoms with Gasteiger partial charge in [0.2, 0.25) is 0 Å². The van der Waals surface area contributed by atoms with Gasteiger partial charge in [-0.05, 0) is 31.0 Å². The number of hydrogen-bond donors (Lipinski definition) is 0. The highest BCUT2D eigenvalue weighted by Crippen LogP contribution is 2.31. The Morgan fingerprint density at radius 2 is 1.88 bits per heavy atom. The van der Waals surface area contributed by atoms with E-state index >= 15 is 0 Å². The quantitative estimate of drug-likeness (QED) is 0.184. The predicted molar refractivity (Wildman–Crippen MR) is 115 cm³/mol. The first-order chi connectivity index (χ1) is 15.7. The smallest absolute Gasteiger partial charge is 0.336 e. The van der Waals surface area contributed by atoms with E-state index in [4.69, 9.17) is 9.15 Å². The average molecular weight is 450 g/mol. The van der Waals surface area contributed by atoms with Crippen molar-refractivity contribution in [2.24, 2.45) is 0 Å². The van der Waals surface area contributed by atoms with Crippen molar-refractivity contribution in [3.05, 3.63) is 84.7 Å². The maximum atomic E-state index is 12.6. The lowest BCUT2D eigenvalue weighted by atomic mass is 10.0. The third kappa shape index (κ3) is 3.86. The van der Waals surface area contributed by atoms with Crippen LogP contribution in [0.1, 0.15) is 43.8 Å². The zero-order valence-corrected chi connectivity index (χ0v) is 17.7. The lowest BCUT2D eigenvalue weighted by Gasteiger charge is -2.13. The summed E-state index contributed by atoms with van der Waals surface area (Å²) in [5.74, 6) is -2.23. The Balaban J connectivity index is 1.45. The monoisotopic (exact) mass is 450 g/mol. The van der Waals surface area contributed by atoms with Crippen LogP contribution in [-0.2, 0) is 16.1 Å². The van der Waals surface area contributed by atoms with Crippen molar-refractivity contribution in [2.75, 3.05) is 6.54 Å². The number of carbonyl (C=O) groups excluding carboxylic acids is 3. The molecule has 1 aromatic heterocycles. The van der Waals surface area contributed by atoms with E-state index < -0.39 is 34.0 Å².